The predicted molar refractivity (Wildman–Crippen MR) is 95.9 cm³/mol. The van der Waals surface area contributed by atoms with Gasteiger partial charge in [-0.3, -0.25) is 4.79 Å². The van der Waals surface area contributed by atoms with E-state index in [0.29, 0.717) is 5.56 Å². The number of nitrogens with one attached hydrogen (secondary N) is 1. The minimum Gasteiger partial charge on any atom is -0.346 e. The van der Waals surface area contributed by atoms with E-state index in [9.17, 15) is 9.18 Å². The van der Waals surface area contributed by atoms with Crippen molar-refractivity contribution in [2.75, 3.05) is 0 Å². The Morgan fingerprint density at radius 3 is 2.50 bits per heavy atom. The van der Waals surface area contributed by atoms with E-state index in [-0.39, 0.29) is 17.8 Å². The van der Waals surface area contributed by atoms with E-state index in [0.717, 1.165) is 10.9 Å². The molecule has 2 nitrogen and oxygen atoms in total. The molecule has 0 fully saturated rings. The van der Waals surface area contributed by atoms with Gasteiger partial charge in [-0.15, -0.1) is 0 Å². The lowest BCUT2D eigenvalue weighted by Gasteiger charge is -2.14. The third-order valence-corrected chi connectivity index (χ3v) is 3.95. The third-order valence-electron chi connectivity index (χ3n) is 3.95. The van der Waals surface area contributed by atoms with Gasteiger partial charge < -0.3 is 5.32 Å². The first kappa shape index (κ1) is 15.9. The molecule has 0 unspecified atom stereocenters. The fourth-order valence-corrected chi connectivity index (χ4v) is 2.60. The summed E-state index contributed by atoms with van der Waals surface area (Å²) >= 11 is 0. The lowest BCUT2D eigenvalue weighted by molar-refractivity contribution is -0.117. The van der Waals surface area contributed by atoms with Gasteiger partial charge in [0.05, 0.1) is 6.04 Å². The van der Waals surface area contributed by atoms with Crippen LogP contribution >= 0.6 is 0 Å². The largest absolute Gasteiger partial charge is 0.346 e. The number of benzene rings is 3. The number of carbonyl (C=O) groups excluding carboxylic acids is 1. The fourth-order valence-electron chi connectivity index (χ4n) is 2.60. The van der Waals surface area contributed by atoms with Gasteiger partial charge >= 0.3 is 0 Å². The van der Waals surface area contributed by atoms with Crippen molar-refractivity contribution >= 4 is 22.8 Å². The Bertz CT molecular complexity index is 901. The summed E-state index contributed by atoms with van der Waals surface area (Å²) in [7, 11) is 0. The standard InChI is InChI=1S/C21H18FNO/c1-15(18-11-10-16-6-2-3-8-19(16)14-18)23-21(24)13-12-17-7-4-5-9-20(17)22/h2-15H,1H3,(H,23,24)/b13-12+/t15-/m0/s1. The summed E-state index contributed by atoms with van der Waals surface area (Å²) < 4.78 is 13.5. The molecule has 3 rings (SSSR count). The van der Waals surface area contributed by atoms with Gasteiger partial charge in [0.15, 0.2) is 0 Å². The van der Waals surface area contributed by atoms with Crippen LogP contribution in [0.2, 0.25) is 0 Å². The Labute approximate surface area is 140 Å². The van der Waals surface area contributed by atoms with Crippen molar-refractivity contribution in [3.63, 3.8) is 0 Å². The smallest absolute Gasteiger partial charge is 0.244 e. The van der Waals surface area contributed by atoms with Crippen LogP contribution in [-0.4, -0.2) is 5.91 Å². The molecule has 0 saturated carbocycles. The second kappa shape index (κ2) is 7.09. The molecule has 0 heterocycles. The highest BCUT2D eigenvalue weighted by molar-refractivity contribution is 5.92. The van der Waals surface area contributed by atoms with Crippen LogP contribution in [0.15, 0.2) is 72.8 Å². The van der Waals surface area contributed by atoms with Gasteiger partial charge in [0.2, 0.25) is 5.91 Å². The molecule has 1 atom stereocenters. The Kier molecular flexibility index (Phi) is 4.71. The molecule has 3 aromatic rings. The van der Waals surface area contributed by atoms with Gasteiger partial charge in [0, 0.05) is 11.6 Å². The fraction of sp³-hybridized carbons (Fsp3) is 0.0952. The van der Waals surface area contributed by atoms with E-state index in [1.807, 2.05) is 37.3 Å². The molecule has 0 radical (unpaired) electrons. The first-order valence-corrected chi connectivity index (χ1v) is 7.85. The van der Waals surface area contributed by atoms with E-state index in [1.165, 1.54) is 23.6 Å². The first-order valence-electron chi connectivity index (χ1n) is 7.85. The SMILES string of the molecule is C[C@H](NC(=O)/C=C/c1ccccc1F)c1ccc2ccccc2c1. The maximum atomic E-state index is 13.5. The van der Waals surface area contributed by atoms with Crippen LogP contribution in [0.1, 0.15) is 24.1 Å². The second-order valence-electron chi connectivity index (χ2n) is 5.69. The zero-order valence-corrected chi connectivity index (χ0v) is 13.4. The summed E-state index contributed by atoms with van der Waals surface area (Å²) in [6, 6.07) is 20.4. The lowest BCUT2D eigenvalue weighted by atomic mass is 10.0. The number of fused-ring (bicyclic) bond motifs is 1. The average Bonchev–Trinajstić information content (AvgIpc) is 2.60. The van der Waals surface area contributed by atoms with Gasteiger partial charge in [0.1, 0.15) is 5.82 Å². The van der Waals surface area contributed by atoms with E-state index in [4.69, 9.17) is 0 Å². The normalized spacial score (nSPS) is 12.4. The number of hydrogen-bond donors (Lipinski definition) is 1. The van der Waals surface area contributed by atoms with Crippen LogP contribution in [0.4, 0.5) is 4.39 Å². The minimum absolute atomic E-state index is 0.132. The number of carbonyl (C=O) groups is 1. The molecule has 0 aromatic heterocycles. The van der Waals surface area contributed by atoms with Crippen LogP contribution in [0.5, 0.6) is 0 Å². The molecule has 1 N–H and O–H groups in total. The van der Waals surface area contributed by atoms with E-state index < -0.39 is 0 Å². The molecule has 3 aromatic carbocycles. The maximum absolute atomic E-state index is 13.5. The molecule has 3 heteroatoms. The van der Waals surface area contributed by atoms with Crippen molar-refractivity contribution in [2.24, 2.45) is 0 Å². The quantitative estimate of drug-likeness (QED) is 0.683. The van der Waals surface area contributed by atoms with Crippen molar-refractivity contribution in [1.29, 1.82) is 0 Å². The van der Waals surface area contributed by atoms with Crippen LogP contribution in [-0.2, 0) is 4.79 Å². The molecule has 0 aliphatic heterocycles. The summed E-state index contributed by atoms with van der Waals surface area (Å²) in [6.07, 6.45) is 2.84. The monoisotopic (exact) mass is 319 g/mol. The van der Waals surface area contributed by atoms with E-state index in [1.54, 1.807) is 18.2 Å². The van der Waals surface area contributed by atoms with Crippen LogP contribution < -0.4 is 5.32 Å². The summed E-state index contributed by atoms with van der Waals surface area (Å²) in [4.78, 5) is 12.1. The minimum atomic E-state index is -0.343. The summed E-state index contributed by atoms with van der Waals surface area (Å²) in [5.74, 6) is -0.594. The van der Waals surface area contributed by atoms with Crippen LogP contribution in [0.25, 0.3) is 16.8 Å². The molecular weight excluding hydrogens is 301 g/mol. The number of amides is 1. The van der Waals surface area contributed by atoms with E-state index >= 15 is 0 Å². The summed E-state index contributed by atoms with van der Waals surface area (Å²) in [5.41, 5.74) is 1.42. The molecule has 0 aliphatic carbocycles. The topological polar surface area (TPSA) is 29.1 Å². The summed E-state index contributed by atoms with van der Waals surface area (Å²) in [6.45, 7) is 1.93. The molecule has 24 heavy (non-hydrogen) atoms. The van der Waals surface area contributed by atoms with Crippen molar-refractivity contribution < 1.29 is 9.18 Å². The number of halogens is 1. The number of hydrogen-bond acceptors (Lipinski definition) is 1. The van der Waals surface area contributed by atoms with Crippen molar-refractivity contribution in [3.8, 4) is 0 Å². The van der Waals surface area contributed by atoms with Gasteiger partial charge in [-0.05, 0) is 41.5 Å². The first-order chi connectivity index (χ1) is 11.6. The second-order valence-corrected chi connectivity index (χ2v) is 5.69. The Hall–Kier alpha value is -2.94. The van der Waals surface area contributed by atoms with Gasteiger partial charge in [-0.25, -0.2) is 4.39 Å². The molecule has 120 valence electrons. The Morgan fingerprint density at radius 1 is 1.00 bits per heavy atom. The van der Waals surface area contributed by atoms with Crippen LogP contribution in [0, 0.1) is 5.82 Å². The van der Waals surface area contributed by atoms with E-state index in [2.05, 4.69) is 17.4 Å². The predicted octanol–water partition coefficient (Wildman–Crippen LogP) is 4.87. The highest BCUT2D eigenvalue weighted by Gasteiger charge is 2.08. The zero-order chi connectivity index (χ0) is 16.9. The molecular formula is C21H18FNO. The van der Waals surface area contributed by atoms with Crippen molar-refractivity contribution in [1.82, 2.24) is 5.32 Å². The number of rotatable bonds is 4. The third kappa shape index (κ3) is 3.69. The van der Waals surface area contributed by atoms with Gasteiger partial charge in [-0.2, -0.15) is 0 Å². The molecule has 0 aliphatic rings. The molecule has 0 bridgehead atoms. The van der Waals surface area contributed by atoms with Crippen molar-refractivity contribution in [3.05, 3.63) is 89.8 Å². The van der Waals surface area contributed by atoms with Gasteiger partial charge in [-0.1, -0.05) is 54.6 Å². The van der Waals surface area contributed by atoms with Gasteiger partial charge in [0.25, 0.3) is 0 Å². The lowest BCUT2D eigenvalue weighted by Crippen LogP contribution is -2.24. The Morgan fingerprint density at radius 2 is 1.71 bits per heavy atom. The zero-order valence-electron chi connectivity index (χ0n) is 13.4. The maximum Gasteiger partial charge on any atom is 0.244 e. The molecule has 1 amide bonds. The highest BCUT2D eigenvalue weighted by Crippen LogP contribution is 2.20. The highest BCUT2D eigenvalue weighted by atomic mass is 19.1. The molecule has 0 saturated heterocycles. The molecule has 0 spiro atoms. The Balaban J connectivity index is 1.70. The average molecular weight is 319 g/mol. The summed E-state index contributed by atoms with van der Waals surface area (Å²) in [5, 5.41) is 5.21. The van der Waals surface area contributed by atoms with Crippen molar-refractivity contribution in [2.45, 2.75) is 13.0 Å². The van der Waals surface area contributed by atoms with Crippen LogP contribution in [0.3, 0.4) is 0 Å².